The van der Waals surface area contributed by atoms with Gasteiger partial charge < -0.3 is 15.7 Å². The maximum Gasteiger partial charge on any atom is 0.276 e. The predicted octanol–water partition coefficient (Wildman–Crippen LogP) is 1.54. The van der Waals surface area contributed by atoms with Gasteiger partial charge in [-0.2, -0.15) is 0 Å². The number of primary amides is 1. The summed E-state index contributed by atoms with van der Waals surface area (Å²) >= 11 is 0. The number of phenols is 1. The third kappa shape index (κ3) is 2.85. The molecule has 0 bridgehead atoms. The number of quaternary nitrogens is 1. The first-order valence-corrected chi connectivity index (χ1v) is 8.54. The molecular formula is C21H21N2O2+. The molecular weight excluding hydrogens is 312 g/mol. The Morgan fingerprint density at radius 1 is 1.04 bits per heavy atom. The number of benzene rings is 3. The van der Waals surface area contributed by atoms with Gasteiger partial charge in [0.2, 0.25) is 0 Å². The molecule has 4 heteroatoms. The Bertz CT molecular complexity index is 952. The molecule has 25 heavy (non-hydrogen) atoms. The number of fused-ring (bicyclic) bond motifs is 2. The third-order valence-electron chi connectivity index (χ3n) is 5.22. The van der Waals surface area contributed by atoms with Crippen LogP contribution in [0, 0.1) is 0 Å². The van der Waals surface area contributed by atoms with Gasteiger partial charge in [-0.3, -0.25) is 4.79 Å². The number of phenolic OH excluding ortho intramolecular Hbond substituents is 1. The highest BCUT2D eigenvalue weighted by Gasteiger charge is 2.34. The molecule has 1 unspecified atom stereocenters. The van der Waals surface area contributed by atoms with Crippen molar-refractivity contribution in [2.75, 3.05) is 0 Å². The number of amides is 1. The lowest BCUT2D eigenvalue weighted by molar-refractivity contribution is -0.945. The Morgan fingerprint density at radius 2 is 1.76 bits per heavy atom. The molecule has 1 aliphatic rings. The largest absolute Gasteiger partial charge is 0.507 e. The Morgan fingerprint density at radius 3 is 2.56 bits per heavy atom. The standard InChI is InChI=1S/C21H20N2O2/c22-21(25)19-11-15-6-1-2-7-16(15)12-23(19)13-18-17-8-4-3-5-14(17)9-10-20(18)24/h1-10,19,24H,11-13H2,(H2,22,25)/p+1/t19-/m1/s1. The van der Waals surface area contributed by atoms with Crippen molar-refractivity contribution >= 4 is 16.7 Å². The number of rotatable bonds is 3. The van der Waals surface area contributed by atoms with Crippen LogP contribution in [0.5, 0.6) is 5.75 Å². The van der Waals surface area contributed by atoms with Gasteiger partial charge in [0.05, 0.1) is 5.56 Å². The first-order chi connectivity index (χ1) is 12.1. The highest BCUT2D eigenvalue weighted by Crippen LogP contribution is 2.27. The highest BCUT2D eigenvalue weighted by atomic mass is 16.3. The van der Waals surface area contributed by atoms with Crippen molar-refractivity contribution in [1.82, 2.24) is 0 Å². The molecule has 4 rings (SSSR count). The van der Waals surface area contributed by atoms with E-state index >= 15 is 0 Å². The van der Waals surface area contributed by atoms with Crippen molar-refractivity contribution in [2.45, 2.75) is 25.6 Å². The fourth-order valence-corrected chi connectivity index (χ4v) is 3.89. The Hall–Kier alpha value is -2.85. The maximum atomic E-state index is 12.1. The minimum absolute atomic E-state index is 0.272. The van der Waals surface area contributed by atoms with Crippen LogP contribution in [0.1, 0.15) is 16.7 Å². The summed E-state index contributed by atoms with van der Waals surface area (Å²) in [7, 11) is 0. The molecule has 1 amide bonds. The van der Waals surface area contributed by atoms with Crippen LogP contribution in [0.3, 0.4) is 0 Å². The molecule has 0 saturated heterocycles. The highest BCUT2D eigenvalue weighted by molar-refractivity contribution is 5.87. The monoisotopic (exact) mass is 333 g/mol. The summed E-state index contributed by atoms with van der Waals surface area (Å²) in [5, 5.41) is 12.5. The van der Waals surface area contributed by atoms with Crippen LogP contribution in [0.4, 0.5) is 0 Å². The zero-order valence-electron chi connectivity index (χ0n) is 13.9. The van der Waals surface area contributed by atoms with Gasteiger partial charge in [-0.25, -0.2) is 0 Å². The first kappa shape index (κ1) is 15.7. The Kier molecular flexibility index (Phi) is 3.90. The van der Waals surface area contributed by atoms with Crippen LogP contribution in [0.2, 0.25) is 0 Å². The minimum Gasteiger partial charge on any atom is -0.507 e. The summed E-state index contributed by atoms with van der Waals surface area (Å²) in [5.74, 6) is -0.0162. The van der Waals surface area contributed by atoms with Crippen molar-refractivity contribution in [3.05, 3.63) is 77.4 Å². The Balaban J connectivity index is 1.74. The predicted molar refractivity (Wildman–Crippen MR) is 97.1 cm³/mol. The quantitative estimate of drug-likeness (QED) is 0.681. The van der Waals surface area contributed by atoms with Crippen LogP contribution in [0.15, 0.2) is 60.7 Å². The van der Waals surface area contributed by atoms with Gasteiger partial charge in [-0.1, -0.05) is 54.6 Å². The summed E-state index contributed by atoms with van der Waals surface area (Å²) < 4.78 is 0. The molecule has 0 spiro atoms. The molecule has 4 N–H and O–H groups in total. The lowest BCUT2D eigenvalue weighted by atomic mass is 9.92. The number of nitrogens with one attached hydrogen (secondary N) is 1. The SMILES string of the molecule is NC(=O)[C@H]1Cc2ccccc2C[NH+]1Cc1c(O)ccc2ccccc12. The molecule has 0 saturated carbocycles. The van der Waals surface area contributed by atoms with Crippen molar-refractivity contribution in [1.29, 1.82) is 0 Å². The van der Waals surface area contributed by atoms with E-state index < -0.39 is 0 Å². The number of carbonyl (C=O) groups is 1. The Labute approximate surface area is 146 Å². The zero-order valence-corrected chi connectivity index (χ0v) is 13.9. The van der Waals surface area contributed by atoms with Gasteiger partial charge in [0.1, 0.15) is 18.8 Å². The second-order valence-corrected chi connectivity index (χ2v) is 6.72. The molecule has 3 aromatic carbocycles. The molecule has 1 heterocycles. The number of nitrogens with two attached hydrogens (primary N) is 1. The van der Waals surface area contributed by atoms with E-state index in [-0.39, 0.29) is 17.7 Å². The van der Waals surface area contributed by atoms with E-state index in [1.807, 2.05) is 42.5 Å². The van der Waals surface area contributed by atoms with Gasteiger partial charge in [0.25, 0.3) is 5.91 Å². The van der Waals surface area contributed by atoms with Gasteiger partial charge in [0.15, 0.2) is 6.04 Å². The molecule has 0 aliphatic carbocycles. The minimum atomic E-state index is -0.288. The summed E-state index contributed by atoms with van der Waals surface area (Å²) in [6.45, 7) is 1.29. The van der Waals surface area contributed by atoms with Crippen molar-refractivity contribution < 1.29 is 14.8 Å². The van der Waals surface area contributed by atoms with Gasteiger partial charge >= 0.3 is 0 Å². The molecule has 1 aliphatic heterocycles. The van der Waals surface area contributed by atoms with Crippen LogP contribution < -0.4 is 10.6 Å². The summed E-state index contributed by atoms with van der Waals surface area (Å²) in [6, 6.07) is 19.6. The normalized spacial score (nSPS) is 19.5. The average molecular weight is 333 g/mol. The van der Waals surface area contributed by atoms with Crippen LogP contribution in [-0.2, 0) is 24.3 Å². The van der Waals surface area contributed by atoms with Crippen LogP contribution >= 0.6 is 0 Å². The second-order valence-electron chi connectivity index (χ2n) is 6.72. The van der Waals surface area contributed by atoms with Crippen molar-refractivity contribution in [3.63, 3.8) is 0 Å². The number of carbonyl (C=O) groups excluding carboxylic acids is 1. The van der Waals surface area contributed by atoms with E-state index in [1.54, 1.807) is 6.07 Å². The fourth-order valence-electron chi connectivity index (χ4n) is 3.89. The van der Waals surface area contributed by atoms with Gasteiger partial charge in [-0.05, 0) is 22.4 Å². The maximum absolute atomic E-state index is 12.1. The smallest absolute Gasteiger partial charge is 0.276 e. The molecule has 0 aromatic heterocycles. The summed E-state index contributed by atoms with van der Waals surface area (Å²) in [6.07, 6.45) is 0.645. The molecule has 0 fully saturated rings. The fraction of sp³-hybridized carbons (Fsp3) is 0.190. The van der Waals surface area contributed by atoms with E-state index in [1.165, 1.54) is 11.1 Å². The number of aromatic hydroxyl groups is 1. The van der Waals surface area contributed by atoms with E-state index in [0.29, 0.717) is 13.0 Å². The number of hydrogen-bond donors (Lipinski definition) is 3. The topological polar surface area (TPSA) is 67.8 Å². The summed E-state index contributed by atoms with van der Waals surface area (Å²) in [5.41, 5.74) is 9.01. The van der Waals surface area contributed by atoms with E-state index in [2.05, 4.69) is 12.1 Å². The van der Waals surface area contributed by atoms with Crippen LogP contribution in [0.25, 0.3) is 10.8 Å². The van der Waals surface area contributed by atoms with E-state index in [4.69, 9.17) is 5.73 Å². The molecule has 126 valence electrons. The van der Waals surface area contributed by atoms with Gasteiger partial charge in [0, 0.05) is 12.0 Å². The molecule has 2 atom stereocenters. The average Bonchev–Trinajstić information content (AvgIpc) is 2.63. The molecule has 3 aromatic rings. The lowest BCUT2D eigenvalue weighted by Gasteiger charge is -2.32. The molecule has 0 radical (unpaired) electrons. The second kappa shape index (κ2) is 6.22. The third-order valence-corrected chi connectivity index (χ3v) is 5.22. The molecule has 4 nitrogen and oxygen atoms in total. The van der Waals surface area contributed by atoms with Gasteiger partial charge in [-0.15, -0.1) is 0 Å². The van der Waals surface area contributed by atoms with Crippen LogP contribution in [-0.4, -0.2) is 17.1 Å². The van der Waals surface area contributed by atoms with Crippen molar-refractivity contribution in [2.24, 2.45) is 5.73 Å². The zero-order chi connectivity index (χ0) is 17.4. The van der Waals surface area contributed by atoms with Crippen molar-refractivity contribution in [3.8, 4) is 5.75 Å². The summed E-state index contributed by atoms with van der Waals surface area (Å²) in [4.78, 5) is 13.1. The lowest BCUT2D eigenvalue weighted by Crippen LogP contribution is -3.15. The first-order valence-electron chi connectivity index (χ1n) is 8.54. The van der Waals surface area contributed by atoms with E-state index in [9.17, 15) is 9.90 Å². The van der Waals surface area contributed by atoms with E-state index in [0.717, 1.165) is 27.8 Å². The number of hydrogen-bond acceptors (Lipinski definition) is 2.